The molecule has 2 aliphatic rings. The number of rotatable bonds is 8. The van der Waals surface area contributed by atoms with Crippen LogP contribution in [0.25, 0.3) is 0 Å². The number of fused-ring (bicyclic) bond motifs is 1. The zero-order valence-corrected chi connectivity index (χ0v) is 19.8. The van der Waals surface area contributed by atoms with Gasteiger partial charge in [0.1, 0.15) is 17.7 Å². The summed E-state index contributed by atoms with van der Waals surface area (Å²) in [6.07, 6.45) is 4.15. The zero-order chi connectivity index (χ0) is 24.9. The van der Waals surface area contributed by atoms with Crippen LogP contribution >= 0.6 is 0 Å². The molecule has 0 spiro atoms. The first kappa shape index (κ1) is 24.1. The minimum atomic E-state index is -0.647. The van der Waals surface area contributed by atoms with Crippen molar-refractivity contribution in [2.24, 2.45) is 4.99 Å². The lowest BCUT2D eigenvalue weighted by atomic mass is 10.1. The Kier molecular flexibility index (Phi) is 7.20. The second kappa shape index (κ2) is 10.5. The van der Waals surface area contributed by atoms with Gasteiger partial charge in [-0.3, -0.25) is 24.5 Å². The number of nitrogens with one attached hydrogen (secondary N) is 2. The SMILES string of the molecule is CCN1C(=O)C2NC(c3ccc(N(CCOC)C(=O)Nc4ccncc4)nc3)=NC2N(CC)C1=O. The lowest BCUT2D eigenvalue weighted by Crippen LogP contribution is -2.65. The number of amides is 5. The molecule has 0 radical (unpaired) electrons. The van der Waals surface area contributed by atoms with Crippen LogP contribution in [0.15, 0.2) is 47.8 Å². The highest BCUT2D eigenvalue weighted by molar-refractivity contribution is 6.08. The summed E-state index contributed by atoms with van der Waals surface area (Å²) >= 11 is 0. The summed E-state index contributed by atoms with van der Waals surface area (Å²) in [4.78, 5) is 55.7. The van der Waals surface area contributed by atoms with Gasteiger partial charge in [-0.05, 0) is 38.1 Å². The summed E-state index contributed by atoms with van der Waals surface area (Å²) in [6, 6.07) is 5.51. The van der Waals surface area contributed by atoms with Crippen molar-refractivity contribution in [2.75, 3.05) is 43.6 Å². The highest BCUT2D eigenvalue weighted by Gasteiger charge is 2.48. The van der Waals surface area contributed by atoms with Crippen LogP contribution in [0.4, 0.5) is 21.1 Å². The second-order valence-corrected chi connectivity index (χ2v) is 7.88. The fourth-order valence-electron chi connectivity index (χ4n) is 4.02. The monoisotopic (exact) mass is 480 g/mol. The number of urea groups is 2. The first-order valence-corrected chi connectivity index (χ1v) is 11.4. The van der Waals surface area contributed by atoms with Gasteiger partial charge in [0.25, 0.3) is 5.91 Å². The number of aliphatic imine (C=N–C) groups is 1. The van der Waals surface area contributed by atoms with Crippen molar-refractivity contribution in [1.82, 2.24) is 25.1 Å². The third-order valence-electron chi connectivity index (χ3n) is 5.83. The van der Waals surface area contributed by atoms with Crippen LogP contribution in [0.2, 0.25) is 0 Å². The first-order valence-electron chi connectivity index (χ1n) is 11.4. The van der Waals surface area contributed by atoms with E-state index in [1.54, 1.807) is 61.8 Å². The number of anilines is 2. The molecule has 5 amide bonds. The summed E-state index contributed by atoms with van der Waals surface area (Å²) in [5.74, 6) is 0.599. The molecule has 4 rings (SSSR count). The number of carbonyl (C=O) groups excluding carboxylic acids is 3. The molecule has 1 saturated heterocycles. The number of nitrogens with zero attached hydrogens (tertiary/aromatic N) is 6. The number of amidine groups is 1. The van der Waals surface area contributed by atoms with Gasteiger partial charge >= 0.3 is 12.1 Å². The van der Waals surface area contributed by atoms with Crippen LogP contribution < -0.4 is 15.5 Å². The number of imide groups is 1. The molecule has 12 heteroatoms. The van der Waals surface area contributed by atoms with Crippen molar-refractivity contribution >= 4 is 35.3 Å². The average Bonchev–Trinajstić information content (AvgIpc) is 3.31. The molecular weight excluding hydrogens is 452 g/mol. The summed E-state index contributed by atoms with van der Waals surface area (Å²) < 4.78 is 5.15. The molecule has 35 heavy (non-hydrogen) atoms. The van der Waals surface area contributed by atoms with Crippen molar-refractivity contribution < 1.29 is 19.1 Å². The Hall–Kier alpha value is -4.06. The van der Waals surface area contributed by atoms with Crippen LogP contribution in [-0.4, -0.2) is 89.1 Å². The number of likely N-dealkylation sites (N-methyl/N-ethyl adjacent to an activating group) is 2. The number of ether oxygens (including phenoxy) is 1. The number of aromatic nitrogens is 2. The summed E-state index contributed by atoms with van der Waals surface area (Å²) in [7, 11) is 1.56. The Labute approximate surface area is 203 Å². The molecule has 1 fully saturated rings. The Morgan fingerprint density at radius 1 is 1.17 bits per heavy atom. The molecule has 2 aliphatic heterocycles. The highest BCUT2D eigenvalue weighted by atomic mass is 16.5. The lowest BCUT2D eigenvalue weighted by Gasteiger charge is -2.39. The molecule has 12 nitrogen and oxygen atoms in total. The maximum absolute atomic E-state index is 12.9. The molecule has 4 heterocycles. The van der Waals surface area contributed by atoms with Crippen LogP contribution in [0.3, 0.4) is 0 Å². The van der Waals surface area contributed by atoms with Gasteiger partial charge < -0.3 is 15.4 Å². The minimum absolute atomic E-state index is 0.290. The van der Waals surface area contributed by atoms with E-state index in [1.807, 2.05) is 6.92 Å². The average molecular weight is 481 g/mol. The van der Waals surface area contributed by atoms with Gasteiger partial charge in [0.15, 0.2) is 6.17 Å². The van der Waals surface area contributed by atoms with E-state index >= 15 is 0 Å². The predicted molar refractivity (Wildman–Crippen MR) is 129 cm³/mol. The maximum atomic E-state index is 12.9. The maximum Gasteiger partial charge on any atom is 0.328 e. The van der Waals surface area contributed by atoms with Gasteiger partial charge in [0, 0.05) is 50.0 Å². The number of pyridine rings is 2. The van der Waals surface area contributed by atoms with Gasteiger partial charge in [-0.2, -0.15) is 0 Å². The van der Waals surface area contributed by atoms with E-state index in [0.29, 0.717) is 42.6 Å². The fourth-order valence-corrected chi connectivity index (χ4v) is 4.02. The van der Waals surface area contributed by atoms with E-state index in [4.69, 9.17) is 4.74 Å². The smallest absolute Gasteiger partial charge is 0.328 e. The number of hydrogen-bond acceptors (Lipinski definition) is 8. The summed E-state index contributed by atoms with van der Waals surface area (Å²) in [6.45, 7) is 4.96. The van der Waals surface area contributed by atoms with Gasteiger partial charge in [-0.25, -0.2) is 19.6 Å². The van der Waals surface area contributed by atoms with E-state index in [9.17, 15) is 14.4 Å². The predicted octanol–water partition coefficient (Wildman–Crippen LogP) is 1.51. The Morgan fingerprint density at radius 2 is 1.94 bits per heavy atom. The minimum Gasteiger partial charge on any atom is -0.383 e. The molecule has 2 aromatic rings. The number of methoxy groups -OCH3 is 1. The summed E-state index contributed by atoms with van der Waals surface area (Å²) in [5.41, 5.74) is 1.25. The van der Waals surface area contributed by atoms with E-state index in [1.165, 1.54) is 9.80 Å². The molecule has 2 atom stereocenters. The van der Waals surface area contributed by atoms with Crippen LogP contribution in [0, 0.1) is 0 Å². The molecule has 0 aromatic carbocycles. The number of hydrogen-bond donors (Lipinski definition) is 2. The quantitative estimate of drug-likeness (QED) is 0.585. The van der Waals surface area contributed by atoms with Crippen molar-refractivity contribution in [1.29, 1.82) is 0 Å². The Morgan fingerprint density at radius 3 is 2.57 bits per heavy atom. The first-order chi connectivity index (χ1) is 17.0. The molecule has 2 aromatic heterocycles. The van der Waals surface area contributed by atoms with Gasteiger partial charge in [-0.1, -0.05) is 0 Å². The summed E-state index contributed by atoms with van der Waals surface area (Å²) in [5, 5.41) is 5.97. The van der Waals surface area contributed by atoms with E-state index in [2.05, 4.69) is 25.6 Å². The number of carbonyl (C=O) groups is 3. The largest absolute Gasteiger partial charge is 0.383 e. The topological polar surface area (TPSA) is 132 Å². The lowest BCUT2D eigenvalue weighted by molar-refractivity contribution is -0.134. The molecular formula is C23H28N8O4. The zero-order valence-electron chi connectivity index (χ0n) is 19.8. The fraction of sp³-hybridized carbons (Fsp3) is 0.391. The van der Waals surface area contributed by atoms with Gasteiger partial charge in [0.05, 0.1) is 13.2 Å². The molecule has 2 unspecified atom stereocenters. The van der Waals surface area contributed by atoms with Crippen LogP contribution in [0.1, 0.15) is 19.4 Å². The molecule has 2 N–H and O–H groups in total. The second-order valence-electron chi connectivity index (χ2n) is 7.88. The van der Waals surface area contributed by atoms with Crippen molar-refractivity contribution in [2.45, 2.75) is 26.1 Å². The van der Waals surface area contributed by atoms with E-state index < -0.39 is 12.2 Å². The normalized spacial score (nSPS) is 19.2. The van der Waals surface area contributed by atoms with Crippen molar-refractivity contribution in [3.63, 3.8) is 0 Å². The van der Waals surface area contributed by atoms with Crippen LogP contribution in [-0.2, 0) is 9.53 Å². The van der Waals surface area contributed by atoms with Gasteiger partial charge in [0.2, 0.25) is 0 Å². The molecule has 0 saturated carbocycles. The molecule has 0 bridgehead atoms. The van der Waals surface area contributed by atoms with Crippen molar-refractivity contribution in [3.05, 3.63) is 48.4 Å². The Balaban J connectivity index is 1.54. The Bertz CT molecular complexity index is 1110. The van der Waals surface area contributed by atoms with E-state index in [0.717, 1.165) is 0 Å². The standard InChI is InChI=1S/C23H28N8O4/c1-4-29-20-18(21(32)30(5-2)23(29)34)27-19(28-20)15-6-7-17(25-14-15)31(12-13-35-3)22(33)26-16-8-10-24-11-9-16/h6-11,14,18,20H,4-5,12-13H2,1-3H3,(H,27,28)(H,24,26,33). The van der Waals surface area contributed by atoms with Gasteiger partial charge in [-0.15, -0.1) is 0 Å². The van der Waals surface area contributed by atoms with Crippen molar-refractivity contribution in [3.8, 4) is 0 Å². The third kappa shape index (κ3) is 4.78. The molecule has 184 valence electrons. The highest BCUT2D eigenvalue weighted by Crippen LogP contribution is 2.24. The molecule has 0 aliphatic carbocycles. The van der Waals surface area contributed by atoms with Crippen LogP contribution in [0.5, 0.6) is 0 Å². The van der Waals surface area contributed by atoms with E-state index in [-0.39, 0.29) is 24.5 Å². The third-order valence-corrected chi connectivity index (χ3v) is 5.83.